The lowest BCUT2D eigenvalue weighted by atomic mass is 10.0. The maximum absolute atomic E-state index is 5.97. The highest BCUT2D eigenvalue weighted by atomic mass is 16.5. The standard InChI is InChI=1S/C29H38N4O3/c1-20(2)35-27-14-22(15-28(16-27)36-21(3)4)19-33-12-10-25(11-13-33)32-29-30-17-24(18-31-29)23-6-8-26(34-5)9-7-23/h6-9,14-18,20-21,25H,10-13,19H2,1-5H3,(H,30,31,32). The largest absolute Gasteiger partial charge is 0.497 e. The molecule has 0 bridgehead atoms. The van der Waals surface area contributed by atoms with Crippen LogP contribution in [0.25, 0.3) is 11.1 Å². The van der Waals surface area contributed by atoms with Gasteiger partial charge in [0.2, 0.25) is 5.95 Å². The van der Waals surface area contributed by atoms with Gasteiger partial charge >= 0.3 is 0 Å². The average molecular weight is 491 g/mol. The number of piperidine rings is 1. The minimum atomic E-state index is 0.126. The van der Waals surface area contributed by atoms with Gasteiger partial charge in [0.1, 0.15) is 17.2 Å². The predicted octanol–water partition coefficient (Wildman–Crippen LogP) is 5.80. The Morgan fingerprint density at radius 3 is 1.94 bits per heavy atom. The lowest BCUT2D eigenvalue weighted by Crippen LogP contribution is -2.39. The Morgan fingerprint density at radius 1 is 0.833 bits per heavy atom. The third-order valence-corrected chi connectivity index (χ3v) is 6.09. The van der Waals surface area contributed by atoms with Gasteiger partial charge in [0, 0.05) is 49.7 Å². The van der Waals surface area contributed by atoms with Crippen LogP contribution in [0.4, 0.5) is 5.95 Å². The van der Waals surface area contributed by atoms with Gasteiger partial charge in [-0.15, -0.1) is 0 Å². The molecule has 0 unspecified atom stereocenters. The van der Waals surface area contributed by atoms with Crippen LogP contribution in [0.2, 0.25) is 0 Å². The van der Waals surface area contributed by atoms with E-state index in [2.05, 4.69) is 32.3 Å². The highest BCUT2D eigenvalue weighted by Crippen LogP contribution is 2.27. The molecule has 36 heavy (non-hydrogen) atoms. The molecule has 3 aromatic rings. The molecule has 1 N–H and O–H groups in total. The molecule has 0 radical (unpaired) electrons. The first-order valence-corrected chi connectivity index (χ1v) is 12.8. The number of benzene rings is 2. The van der Waals surface area contributed by atoms with Crippen LogP contribution in [0, 0.1) is 0 Å². The van der Waals surface area contributed by atoms with E-state index in [1.165, 1.54) is 5.56 Å². The first kappa shape index (κ1) is 25.8. The van der Waals surface area contributed by atoms with E-state index in [-0.39, 0.29) is 12.2 Å². The van der Waals surface area contributed by atoms with Crippen molar-refractivity contribution >= 4 is 5.95 Å². The highest BCUT2D eigenvalue weighted by molar-refractivity contribution is 5.62. The molecular formula is C29H38N4O3. The molecule has 0 amide bonds. The zero-order valence-electron chi connectivity index (χ0n) is 22.0. The summed E-state index contributed by atoms with van der Waals surface area (Å²) in [5, 5.41) is 3.51. The molecule has 1 fully saturated rings. The van der Waals surface area contributed by atoms with E-state index in [0.29, 0.717) is 12.0 Å². The van der Waals surface area contributed by atoms with Crippen molar-refractivity contribution in [3.05, 3.63) is 60.4 Å². The number of anilines is 1. The van der Waals surface area contributed by atoms with E-state index in [1.54, 1.807) is 7.11 Å². The van der Waals surface area contributed by atoms with Gasteiger partial charge in [0.25, 0.3) is 0 Å². The average Bonchev–Trinajstić information content (AvgIpc) is 2.85. The second-order valence-electron chi connectivity index (χ2n) is 9.86. The second kappa shape index (κ2) is 12.1. The van der Waals surface area contributed by atoms with Crippen LogP contribution in [-0.2, 0) is 6.54 Å². The Hall–Kier alpha value is -3.32. The summed E-state index contributed by atoms with van der Waals surface area (Å²) in [6.45, 7) is 11.1. The van der Waals surface area contributed by atoms with Gasteiger partial charge in [-0.05, 0) is 75.9 Å². The molecule has 4 rings (SSSR count). The number of hydrogen-bond acceptors (Lipinski definition) is 7. The second-order valence-corrected chi connectivity index (χ2v) is 9.86. The zero-order chi connectivity index (χ0) is 25.5. The van der Waals surface area contributed by atoms with Crippen molar-refractivity contribution in [1.82, 2.24) is 14.9 Å². The first-order valence-electron chi connectivity index (χ1n) is 12.8. The smallest absolute Gasteiger partial charge is 0.222 e. The predicted molar refractivity (Wildman–Crippen MR) is 144 cm³/mol. The van der Waals surface area contributed by atoms with Crippen molar-refractivity contribution in [2.24, 2.45) is 0 Å². The molecule has 2 aromatic carbocycles. The van der Waals surface area contributed by atoms with E-state index in [1.807, 2.05) is 70.4 Å². The summed E-state index contributed by atoms with van der Waals surface area (Å²) >= 11 is 0. The minimum Gasteiger partial charge on any atom is -0.497 e. The number of ether oxygens (including phenoxy) is 3. The van der Waals surface area contributed by atoms with E-state index in [4.69, 9.17) is 14.2 Å². The molecule has 1 saturated heterocycles. The van der Waals surface area contributed by atoms with Crippen LogP contribution in [0.5, 0.6) is 17.2 Å². The van der Waals surface area contributed by atoms with Gasteiger partial charge in [0.15, 0.2) is 0 Å². The third kappa shape index (κ3) is 7.34. The van der Waals surface area contributed by atoms with Gasteiger partial charge in [-0.1, -0.05) is 12.1 Å². The fourth-order valence-electron chi connectivity index (χ4n) is 4.41. The Labute approximate surface area is 214 Å². The SMILES string of the molecule is COc1ccc(-c2cnc(NC3CCN(Cc4cc(OC(C)C)cc(OC(C)C)c4)CC3)nc2)cc1. The Balaban J connectivity index is 1.31. The Bertz CT molecular complexity index is 1060. The van der Waals surface area contributed by atoms with Crippen LogP contribution < -0.4 is 19.5 Å². The number of nitrogens with zero attached hydrogens (tertiary/aromatic N) is 3. The van der Waals surface area contributed by atoms with E-state index < -0.39 is 0 Å². The van der Waals surface area contributed by atoms with Crippen molar-refractivity contribution < 1.29 is 14.2 Å². The number of rotatable bonds is 10. The van der Waals surface area contributed by atoms with Crippen molar-refractivity contribution in [2.75, 3.05) is 25.5 Å². The monoisotopic (exact) mass is 490 g/mol. The zero-order valence-corrected chi connectivity index (χ0v) is 22.0. The summed E-state index contributed by atoms with van der Waals surface area (Å²) in [5.41, 5.74) is 3.27. The molecule has 0 saturated carbocycles. The molecule has 2 heterocycles. The summed E-state index contributed by atoms with van der Waals surface area (Å²) in [4.78, 5) is 11.6. The number of nitrogens with one attached hydrogen (secondary N) is 1. The Kier molecular flexibility index (Phi) is 8.65. The molecule has 1 aliphatic rings. The fourth-order valence-corrected chi connectivity index (χ4v) is 4.41. The minimum absolute atomic E-state index is 0.126. The van der Waals surface area contributed by atoms with Crippen molar-refractivity contribution in [3.8, 4) is 28.4 Å². The quantitative estimate of drug-likeness (QED) is 0.385. The number of methoxy groups -OCH3 is 1. The molecule has 192 valence electrons. The lowest BCUT2D eigenvalue weighted by molar-refractivity contribution is 0.207. The number of aromatic nitrogens is 2. The van der Waals surface area contributed by atoms with Gasteiger partial charge in [-0.25, -0.2) is 9.97 Å². The third-order valence-electron chi connectivity index (χ3n) is 6.09. The van der Waals surface area contributed by atoms with E-state index >= 15 is 0 Å². The molecule has 0 spiro atoms. The van der Waals surface area contributed by atoms with Crippen LogP contribution in [0.15, 0.2) is 54.9 Å². The summed E-state index contributed by atoms with van der Waals surface area (Å²) < 4.78 is 17.2. The maximum atomic E-state index is 5.97. The van der Waals surface area contributed by atoms with Gasteiger partial charge in [-0.3, -0.25) is 4.90 Å². The number of likely N-dealkylation sites (tertiary alicyclic amines) is 1. The van der Waals surface area contributed by atoms with Gasteiger partial charge < -0.3 is 19.5 Å². The topological polar surface area (TPSA) is 68.7 Å². The molecule has 1 aromatic heterocycles. The Morgan fingerprint density at radius 2 is 1.42 bits per heavy atom. The lowest BCUT2D eigenvalue weighted by Gasteiger charge is -2.32. The summed E-state index contributed by atoms with van der Waals surface area (Å²) in [6.07, 6.45) is 6.08. The molecule has 7 heteroatoms. The van der Waals surface area contributed by atoms with Crippen molar-refractivity contribution in [1.29, 1.82) is 0 Å². The highest BCUT2D eigenvalue weighted by Gasteiger charge is 2.20. The van der Waals surface area contributed by atoms with Gasteiger partial charge in [-0.2, -0.15) is 0 Å². The van der Waals surface area contributed by atoms with E-state index in [0.717, 1.165) is 60.9 Å². The normalized spacial score (nSPS) is 14.8. The van der Waals surface area contributed by atoms with Crippen LogP contribution >= 0.6 is 0 Å². The number of hydrogen-bond donors (Lipinski definition) is 1. The summed E-state index contributed by atoms with van der Waals surface area (Å²) in [6, 6.07) is 14.5. The summed E-state index contributed by atoms with van der Waals surface area (Å²) in [7, 11) is 1.67. The summed E-state index contributed by atoms with van der Waals surface area (Å²) in [5.74, 6) is 3.25. The van der Waals surface area contributed by atoms with Crippen LogP contribution in [0.3, 0.4) is 0 Å². The molecular weight excluding hydrogens is 452 g/mol. The van der Waals surface area contributed by atoms with Gasteiger partial charge in [0.05, 0.1) is 19.3 Å². The van der Waals surface area contributed by atoms with Crippen molar-refractivity contribution in [3.63, 3.8) is 0 Å². The maximum Gasteiger partial charge on any atom is 0.222 e. The molecule has 7 nitrogen and oxygen atoms in total. The first-order chi connectivity index (χ1) is 17.4. The molecule has 0 aliphatic carbocycles. The van der Waals surface area contributed by atoms with Crippen LogP contribution in [0.1, 0.15) is 46.1 Å². The van der Waals surface area contributed by atoms with E-state index in [9.17, 15) is 0 Å². The van der Waals surface area contributed by atoms with Crippen LogP contribution in [-0.4, -0.2) is 53.3 Å². The molecule has 1 aliphatic heterocycles. The van der Waals surface area contributed by atoms with Crippen molar-refractivity contribution in [2.45, 2.75) is 65.3 Å². The fraction of sp³-hybridized carbons (Fsp3) is 0.448. The molecule has 0 atom stereocenters.